The van der Waals surface area contributed by atoms with Gasteiger partial charge in [-0.2, -0.15) is 0 Å². The van der Waals surface area contributed by atoms with E-state index >= 15 is 0 Å². The lowest BCUT2D eigenvalue weighted by Gasteiger charge is -1.75. The minimum absolute atomic E-state index is 0.204. The second-order valence-electron chi connectivity index (χ2n) is 1.24. The zero-order valence-electron chi connectivity index (χ0n) is 3.73. The van der Waals surface area contributed by atoms with Gasteiger partial charge in [-0.15, -0.1) is 0 Å². The third-order valence-corrected chi connectivity index (χ3v) is 1.05. The minimum Gasteiger partial charge on any atom is -0.492 e. The van der Waals surface area contributed by atoms with Crippen LogP contribution in [0.1, 0.15) is 0 Å². The highest BCUT2D eigenvalue weighted by Crippen LogP contribution is 2.11. The fraction of sp³-hybridized carbons (Fsp3) is 0. The Balaban J connectivity index is 3.41. The summed E-state index contributed by atoms with van der Waals surface area (Å²) in [5, 5.41) is 12.5. The normalized spacial score (nSPS) is 9.62. The van der Waals surface area contributed by atoms with Gasteiger partial charge in [0.2, 0.25) is 5.88 Å². The molecule has 0 aliphatic rings. The number of H-pyrrole nitrogens is 2. The van der Waals surface area contributed by atoms with Gasteiger partial charge in [0.05, 0.1) is 0 Å². The molecule has 8 heavy (non-hydrogen) atoms. The van der Waals surface area contributed by atoms with Gasteiger partial charge in [0, 0.05) is 0 Å². The van der Waals surface area contributed by atoms with Gasteiger partial charge in [0.25, 0.3) is 5.56 Å². The van der Waals surface area contributed by atoms with Crippen LogP contribution < -0.4 is 5.56 Å². The number of hydrogen-bond donors (Lipinski definition) is 3. The molecule has 0 fully saturated rings. The third kappa shape index (κ3) is 0.586. The van der Waals surface area contributed by atoms with Gasteiger partial charge in [-0.05, 0) is 0 Å². The van der Waals surface area contributed by atoms with Gasteiger partial charge in [0.15, 0.2) is 5.02 Å². The molecule has 1 aromatic heterocycles. The van der Waals surface area contributed by atoms with Crippen molar-refractivity contribution in [3.63, 3.8) is 0 Å². The Labute approximate surface area is 49.1 Å². The summed E-state index contributed by atoms with van der Waals surface area (Å²) in [5.41, 5.74) is -0.510. The second-order valence-corrected chi connectivity index (χ2v) is 1.62. The molecule has 0 aliphatic heterocycles. The molecular formula is C3H3ClN2O2. The SMILES string of the molecule is O=c1[nH][nH]c(O)c1Cl. The van der Waals surface area contributed by atoms with Crippen molar-refractivity contribution >= 4 is 11.6 Å². The zero-order valence-corrected chi connectivity index (χ0v) is 4.49. The van der Waals surface area contributed by atoms with Crippen molar-refractivity contribution in [2.75, 3.05) is 0 Å². The number of aromatic amines is 2. The zero-order chi connectivity index (χ0) is 6.15. The Bertz CT molecular complexity index is 238. The van der Waals surface area contributed by atoms with Crippen molar-refractivity contribution in [2.24, 2.45) is 0 Å². The number of aromatic nitrogens is 2. The molecule has 0 amide bonds. The maximum absolute atomic E-state index is 10.3. The van der Waals surface area contributed by atoms with Gasteiger partial charge in [0.1, 0.15) is 0 Å². The van der Waals surface area contributed by atoms with Crippen LogP contribution in [0.4, 0.5) is 0 Å². The molecule has 1 aromatic rings. The molecule has 0 saturated carbocycles. The Kier molecular flexibility index (Phi) is 1.02. The molecule has 3 N–H and O–H groups in total. The van der Waals surface area contributed by atoms with E-state index in [9.17, 15) is 4.79 Å². The summed E-state index contributed by atoms with van der Waals surface area (Å²) >= 11 is 5.17. The molecule has 0 aliphatic carbocycles. The Morgan fingerprint density at radius 1 is 1.50 bits per heavy atom. The lowest BCUT2D eigenvalue weighted by atomic mass is 10.7. The lowest BCUT2D eigenvalue weighted by molar-refractivity contribution is 0.452. The van der Waals surface area contributed by atoms with Crippen molar-refractivity contribution in [2.45, 2.75) is 0 Å². The van der Waals surface area contributed by atoms with Crippen molar-refractivity contribution < 1.29 is 5.11 Å². The summed E-state index contributed by atoms with van der Waals surface area (Å²) in [6, 6.07) is 0. The molecule has 0 unspecified atom stereocenters. The number of hydrogen-bond acceptors (Lipinski definition) is 2. The quantitative estimate of drug-likeness (QED) is 0.470. The van der Waals surface area contributed by atoms with E-state index in [-0.39, 0.29) is 10.9 Å². The second kappa shape index (κ2) is 1.56. The Hall–Kier alpha value is -0.900. The van der Waals surface area contributed by atoms with Gasteiger partial charge in [-0.1, -0.05) is 11.6 Å². The third-order valence-electron chi connectivity index (χ3n) is 0.702. The molecule has 0 spiro atoms. The Morgan fingerprint density at radius 3 is 2.25 bits per heavy atom. The van der Waals surface area contributed by atoms with Gasteiger partial charge in [-0.25, -0.2) is 0 Å². The number of nitrogens with one attached hydrogen (secondary N) is 2. The Morgan fingerprint density at radius 2 is 2.12 bits per heavy atom. The van der Waals surface area contributed by atoms with Crippen LogP contribution in [0.3, 0.4) is 0 Å². The van der Waals surface area contributed by atoms with E-state index in [1.807, 2.05) is 0 Å². The molecular weight excluding hydrogens is 131 g/mol. The van der Waals surface area contributed by atoms with Crippen LogP contribution in [0.15, 0.2) is 4.79 Å². The van der Waals surface area contributed by atoms with E-state index in [0.29, 0.717) is 0 Å². The molecule has 0 radical (unpaired) electrons. The minimum atomic E-state index is -0.510. The highest BCUT2D eigenvalue weighted by molar-refractivity contribution is 6.31. The van der Waals surface area contributed by atoms with E-state index < -0.39 is 5.56 Å². The fourth-order valence-corrected chi connectivity index (χ4v) is 0.428. The number of halogens is 1. The summed E-state index contributed by atoms with van der Waals surface area (Å²) in [6.45, 7) is 0. The van der Waals surface area contributed by atoms with Crippen LogP contribution in [0.2, 0.25) is 5.02 Å². The monoisotopic (exact) mass is 134 g/mol. The molecule has 0 saturated heterocycles. The van der Waals surface area contributed by atoms with Crippen molar-refractivity contribution in [3.05, 3.63) is 15.4 Å². The number of rotatable bonds is 0. The molecule has 44 valence electrons. The van der Waals surface area contributed by atoms with E-state index in [0.717, 1.165) is 0 Å². The van der Waals surface area contributed by atoms with Crippen LogP contribution in [0, 0.1) is 0 Å². The van der Waals surface area contributed by atoms with Crippen LogP contribution in [-0.2, 0) is 0 Å². The maximum atomic E-state index is 10.3. The van der Waals surface area contributed by atoms with E-state index in [1.54, 1.807) is 0 Å². The summed E-state index contributed by atoms with van der Waals surface area (Å²) in [4.78, 5) is 10.3. The van der Waals surface area contributed by atoms with Crippen LogP contribution >= 0.6 is 11.6 Å². The first-order valence-corrected chi connectivity index (χ1v) is 2.24. The first-order chi connectivity index (χ1) is 3.72. The van der Waals surface area contributed by atoms with E-state index in [4.69, 9.17) is 16.7 Å². The van der Waals surface area contributed by atoms with Crippen molar-refractivity contribution in [3.8, 4) is 5.88 Å². The van der Waals surface area contributed by atoms with Crippen molar-refractivity contribution in [1.82, 2.24) is 10.2 Å². The molecule has 0 bridgehead atoms. The predicted octanol–water partition coefficient (Wildman–Crippen LogP) is 0.0620. The summed E-state index contributed by atoms with van der Waals surface area (Å²) in [7, 11) is 0. The average molecular weight is 135 g/mol. The first-order valence-electron chi connectivity index (χ1n) is 1.87. The smallest absolute Gasteiger partial charge is 0.286 e. The van der Waals surface area contributed by atoms with E-state index in [2.05, 4.69) is 10.2 Å². The predicted molar refractivity (Wildman–Crippen MR) is 28.1 cm³/mol. The maximum Gasteiger partial charge on any atom is 0.286 e. The average Bonchev–Trinajstić information content (AvgIpc) is 1.98. The summed E-state index contributed by atoms with van der Waals surface area (Å²) < 4.78 is 0. The highest BCUT2D eigenvalue weighted by Gasteiger charge is 2.01. The van der Waals surface area contributed by atoms with E-state index in [1.165, 1.54) is 0 Å². The molecule has 1 rings (SSSR count). The molecule has 0 aromatic carbocycles. The largest absolute Gasteiger partial charge is 0.492 e. The summed E-state index contributed by atoms with van der Waals surface area (Å²) in [5.74, 6) is -0.323. The van der Waals surface area contributed by atoms with Crippen LogP contribution in [-0.4, -0.2) is 15.3 Å². The van der Waals surface area contributed by atoms with Gasteiger partial charge >= 0.3 is 0 Å². The summed E-state index contributed by atoms with van der Waals surface area (Å²) in [6.07, 6.45) is 0. The highest BCUT2D eigenvalue weighted by atomic mass is 35.5. The van der Waals surface area contributed by atoms with Crippen LogP contribution in [0.25, 0.3) is 0 Å². The molecule has 5 heteroatoms. The standard InChI is InChI=1S/C3H3ClN2O2/c4-1-2(7)5-6-3(1)8/h(H3,5,6,7,8). The van der Waals surface area contributed by atoms with Crippen molar-refractivity contribution in [1.29, 1.82) is 0 Å². The van der Waals surface area contributed by atoms with Gasteiger partial charge in [-0.3, -0.25) is 15.0 Å². The molecule has 0 atom stereocenters. The molecule has 4 nitrogen and oxygen atoms in total. The lowest BCUT2D eigenvalue weighted by Crippen LogP contribution is -1.96. The first kappa shape index (κ1) is 5.24. The fourth-order valence-electron chi connectivity index (χ4n) is 0.333. The van der Waals surface area contributed by atoms with Gasteiger partial charge < -0.3 is 5.11 Å². The number of aromatic hydroxyl groups is 1. The van der Waals surface area contributed by atoms with Crippen LogP contribution in [0.5, 0.6) is 5.88 Å². The topological polar surface area (TPSA) is 68.9 Å². The molecule has 1 heterocycles.